The fourth-order valence-corrected chi connectivity index (χ4v) is 2.57. The van der Waals surface area contributed by atoms with Crippen LogP contribution < -0.4 is 4.90 Å². The van der Waals surface area contributed by atoms with Gasteiger partial charge in [0.1, 0.15) is 12.1 Å². The van der Waals surface area contributed by atoms with Crippen molar-refractivity contribution in [3.63, 3.8) is 0 Å². The highest BCUT2D eigenvalue weighted by Crippen LogP contribution is 2.40. The van der Waals surface area contributed by atoms with Gasteiger partial charge in [0, 0.05) is 19.3 Å². The second kappa shape index (κ2) is 4.95. The number of carboxylic acids is 1. The first-order valence-electron chi connectivity index (χ1n) is 5.30. The molecule has 0 radical (unpaired) electrons. The topological polar surface area (TPSA) is 66.3 Å². The van der Waals surface area contributed by atoms with Crippen molar-refractivity contribution in [1.82, 2.24) is 9.97 Å². The molecule has 0 unspecified atom stereocenters. The molecule has 0 spiro atoms. The first kappa shape index (κ1) is 14.0. The van der Waals surface area contributed by atoms with Crippen LogP contribution in [-0.4, -0.2) is 40.3 Å². The van der Waals surface area contributed by atoms with E-state index in [1.54, 1.807) is 0 Å². The van der Waals surface area contributed by atoms with Crippen LogP contribution in [-0.2, 0) is 4.79 Å². The van der Waals surface area contributed by atoms with Gasteiger partial charge in [-0.25, -0.2) is 9.97 Å². The smallest absolute Gasteiger partial charge is 0.394 e. The van der Waals surface area contributed by atoms with Crippen molar-refractivity contribution in [1.29, 1.82) is 0 Å². The molecule has 0 saturated carbocycles. The van der Waals surface area contributed by atoms with Crippen LogP contribution in [0, 0.1) is 11.8 Å². The second-order valence-electron chi connectivity index (χ2n) is 4.19. The van der Waals surface area contributed by atoms with Gasteiger partial charge in [-0.3, -0.25) is 4.79 Å². The molecular formula is C10H9BrF3N3O2. The van der Waals surface area contributed by atoms with Crippen LogP contribution in [0.25, 0.3) is 0 Å². The van der Waals surface area contributed by atoms with E-state index in [2.05, 4.69) is 25.9 Å². The summed E-state index contributed by atoms with van der Waals surface area (Å²) in [7, 11) is 0. The molecule has 1 aromatic heterocycles. The number of halogens is 4. The van der Waals surface area contributed by atoms with Crippen LogP contribution in [0.4, 0.5) is 19.0 Å². The van der Waals surface area contributed by atoms with Crippen molar-refractivity contribution in [2.24, 2.45) is 11.8 Å². The van der Waals surface area contributed by atoms with Crippen LogP contribution in [0.15, 0.2) is 17.0 Å². The lowest BCUT2D eigenvalue weighted by molar-refractivity contribution is -0.187. The van der Waals surface area contributed by atoms with E-state index in [1.165, 1.54) is 17.4 Å². The number of hydrogen-bond donors (Lipinski definition) is 1. The van der Waals surface area contributed by atoms with E-state index in [0.29, 0.717) is 4.47 Å². The summed E-state index contributed by atoms with van der Waals surface area (Å²) in [5, 5.41) is 8.91. The number of anilines is 1. The molecule has 19 heavy (non-hydrogen) atoms. The summed E-state index contributed by atoms with van der Waals surface area (Å²) in [4.78, 5) is 19.9. The quantitative estimate of drug-likeness (QED) is 0.891. The summed E-state index contributed by atoms with van der Waals surface area (Å²) in [5.74, 6) is -4.56. The van der Waals surface area contributed by atoms with Crippen LogP contribution in [0.1, 0.15) is 0 Å². The number of carbonyl (C=O) groups is 1. The van der Waals surface area contributed by atoms with Gasteiger partial charge in [-0.2, -0.15) is 13.2 Å². The Balaban J connectivity index is 2.28. The Kier molecular flexibility index (Phi) is 3.66. The van der Waals surface area contributed by atoms with Crippen LogP contribution in [0.2, 0.25) is 0 Å². The third-order valence-corrected chi connectivity index (χ3v) is 3.56. The number of carboxylic acid groups (broad SMARTS) is 1. The Morgan fingerprint density at radius 1 is 1.47 bits per heavy atom. The predicted molar refractivity (Wildman–Crippen MR) is 62.6 cm³/mol. The fraction of sp³-hybridized carbons (Fsp3) is 0.500. The third-order valence-electron chi connectivity index (χ3n) is 3.01. The average Bonchev–Trinajstić information content (AvgIpc) is 2.74. The van der Waals surface area contributed by atoms with Gasteiger partial charge in [-0.05, 0) is 15.9 Å². The van der Waals surface area contributed by atoms with Gasteiger partial charge >= 0.3 is 12.1 Å². The number of nitrogens with zero attached hydrogens (tertiary/aromatic N) is 3. The van der Waals surface area contributed by atoms with Gasteiger partial charge in [-0.1, -0.05) is 0 Å². The first-order valence-corrected chi connectivity index (χ1v) is 6.10. The van der Waals surface area contributed by atoms with Gasteiger partial charge in [-0.15, -0.1) is 0 Å². The van der Waals surface area contributed by atoms with Crippen LogP contribution >= 0.6 is 15.9 Å². The van der Waals surface area contributed by atoms with E-state index in [-0.39, 0.29) is 12.4 Å². The van der Waals surface area contributed by atoms with Gasteiger partial charge < -0.3 is 10.0 Å². The van der Waals surface area contributed by atoms with Gasteiger partial charge in [0.25, 0.3) is 0 Å². The highest BCUT2D eigenvalue weighted by Gasteiger charge is 2.53. The molecule has 0 aromatic carbocycles. The Morgan fingerprint density at radius 3 is 2.63 bits per heavy atom. The molecule has 2 heterocycles. The minimum absolute atomic E-state index is 0.227. The van der Waals surface area contributed by atoms with Crippen molar-refractivity contribution in [3.8, 4) is 0 Å². The number of rotatable bonds is 2. The Bertz CT molecular complexity index is 497. The molecule has 104 valence electrons. The van der Waals surface area contributed by atoms with Crippen molar-refractivity contribution in [2.75, 3.05) is 18.0 Å². The molecule has 0 amide bonds. The minimum atomic E-state index is -4.54. The minimum Gasteiger partial charge on any atom is -0.481 e. The number of hydrogen-bond acceptors (Lipinski definition) is 4. The molecule has 1 aliphatic rings. The zero-order valence-electron chi connectivity index (χ0n) is 9.43. The molecule has 9 heteroatoms. The van der Waals surface area contributed by atoms with E-state index >= 15 is 0 Å². The molecule has 1 saturated heterocycles. The molecule has 1 aliphatic heterocycles. The summed E-state index contributed by atoms with van der Waals surface area (Å²) in [6, 6.07) is 0. The maximum atomic E-state index is 12.8. The molecule has 2 atom stereocenters. The summed E-state index contributed by atoms with van der Waals surface area (Å²) in [5.41, 5.74) is 0. The summed E-state index contributed by atoms with van der Waals surface area (Å²) in [6.45, 7) is -0.648. The number of aromatic nitrogens is 2. The lowest BCUT2D eigenvalue weighted by Gasteiger charge is -2.19. The van der Waals surface area contributed by atoms with Crippen molar-refractivity contribution < 1.29 is 23.1 Å². The van der Waals surface area contributed by atoms with Gasteiger partial charge in [0.05, 0.1) is 16.3 Å². The highest BCUT2D eigenvalue weighted by atomic mass is 79.9. The zero-order valence-corrected chi connectivity index (χ0v) is 11.0. The zero-order chi connectivity index (χ0) is 14.2. The largest absolute Gasteiger partial charge is 0.481 e. The molecular weight excluding hydrogens is 331 g/mol. The number of alkyl halides is 3. The molecule has 5 nitrogen and oxygen atoms in total. The van der Waals surface area contributed by atoms with E-state index in [0.717, 1.165) is 0 Å². The molecule has 2 rings (SSSR count). The van der Waals surface area contributed by atoms with E-state index in [4.69, 9.17) is 5.11 Å². The lowest BCUT2D eigenvalue weighted by Crippen LogP contribution is -2.33. The normalized spacial score (nSPS) is 23.7. The van der Waals surface area contributed by atoms with Gasteiger partial charge in [0.2, 0.25) is 0 Å². The third kappa shape index (κ3) is 2.80. The maximum Gasteiger partial charge on any atom is 0.394 e. The molecule has 0 bridgehead atoms. The summed E-state index contributed by atoms with van der Waals surface area (Å²) >= 11 is 3.14. The molecule has 1 fully saturated rings. The average molecular weight is 340 g/mol. The summed E-state index contributed by atoms with van der Waals surface area (Å²) < 4.78 is 38.9. The summed E-state index contributed by atoms with van der Waals surface area (Å²) in [6.07, 6.45) is -1.94. The first-order chi connectivity index (χ1) is 8.80. The van der Waals surface area contributed by atoms with E-state index < -0.39 is 30.5 Å². The second-order valence-corrected chi connectivity index (χ2v) is 5.05. The number of aliphatic carboxylic acids is 1. The standard InChI is InChI=1S/C10H9BrF3N3O2/c11-7-1-15-4-16-8(7)17-2-5(9(18)19)6(3-17)10(12,13)14/h1,4-6H,2-3H2,(H,18,19)/t5-,6-/m1/s1. The van der Waals surface area contributed by atoms with Gasteiger partial charge in [0.15, 0.2) is 0 Å². The fourth-order valence-electron chi connectivity index (χ4n) is 2.10. The molecule has 0 aliphatic carbocycles. The van der Waals surface area contributed by atoms with Crippen LogP contribution in [0.5, 0.6) is 0 Å². The Labute approximate surface area is 114 Å². The SMILES string of the molecule is O=C(O)[C@@H]1CN(c2ncncc2Br)C[C@H]1C(F)(F)F. The lowest BCUT2D eigenvalue weighted by atomic mass is 9.96. The van der Waals surface area contributed by atoms with E-state index in [9.17, 15) is 18.0 Å². The Hall–Kier alpha value is -1.38. The maximum absolute atomic E-state index is 12.8. The molecule has 1 N–H and O–H groups in total. The van der Waals surface area contributed by atoms with Crippen molar-refractivity contribution >= 4 is 27.7 Å². The molecule has 1 aromatic rings. The monoisotopic (exact) mass is 339 g/mol. The van der Waals surface area contributed by atoms with Crippen LogP contribution in [0.3, 0.4) is 0 Å². The van der Waals surface area contributed by atoms with E-state index in [1.807, 2.05) is 0 Å². The van der Waals surface area contributed by atoms with Crippen molar-refractivity contribution in [3.05, 3.63) is 17.0 Å². The highest BCUT2D eigenvalue weighted by molar-refractivity contribution is 9.10. The van der Waals surface area contributed by atoms with Crippen molar-refractivity contribution in [2.45, 2.75) is 6.18 Å². The predicted octanol–water partition coefficient (Wildman–Crippen LogP) is 1.94. The Morgan fingerprint density at radius 2 is 2.16 bits per heavy atom.